The van der Waals surface area contributed by atoms with Crippen molar-refractivity contribution in [3.8, 4) is 11.8 Å². The Morgan fingerprint density at radius 1 is 1.23 bits per heavy atom. The largest absolute Gasteiger partial charge is 0.488 e. The molecular weight excluding hydrogens is 483 g/mol. The third-order valence-corrected chi connectivity index (χ3v) is 5.46. The lowest BCUT2D eigenvalue weighted by atomic mass is 10.1. The molecule has 0 saturated carbocycles. The maximum Gasteiger partial charge on any atom is 0.266 e. The van der Waals surface area contributed by atoms with Crippen molar-refractivity contribution < 1.29 is 13.9 Å². The highest BCUT2D eigenvalue weighted by molar-refractivity contribution is 9.10. The Morgan fingerprint density at radius 3 is 2.71 bits per heavy atom. The van der Waals surface area contributed by atoms with E-state index in [1.807, 2.05) is 6.07 Å². The summed E-state index contributed by atoms with van der Waals surface area (Å²) in [6.07, 6.45) is 1.48. The van der Waals surface area contributed by atoms with Gasteiger partial charge in [0.2, 0.25) is 0 Å². The molecule has 3 aromatic carbocycles. The molecule has 0 spiro atoms. The predicted octanol–water partition coefficient (Wildman–Crippen LogP) is 6.67. The minimum Gasteiger partial charge on any atom is -0.488 e. The highest BCUT2D eigenvalue weighted by atomic mass is 79.9. The van der Waals surface area contributed by atoms with E-state index in [0.29, 0.717) is 32.1 Å². The summed E-state index contributed by atoms with van der Waals surface area (Å²) in [4.78, 5) is 12.5. The van der Waals surface area contributed by atoms with Gasteiger partial charge in [0.1, 0.15) is 29.8 Å². The Hall–Kier alpha value is -3.14. The van der Waals surface area contributed by atoms with Gasteiger partial charge in [0, 0.05) is 10.7 Å². The number of ether oxygens (including phenoxy) is 1. The molecule has 4 nitrogen and oxygen atoms in total. The van der Waals surface area contributed by atoms with Crippen molar-refractivity contribution in [1.29, 1.82) is 5.26 Å². The van der Waals surface area contributed by atoms with Crippen LogP contribution >= 0.6 is 27.5 Å². The highest BCUT2D eigenvalue weighted by Crippen LogP contribution is 2.28. The molecule has 31 heavy (non-hydrogen) atoms. The molecule has 7 heteroatoms. The molecule has 0 bridgehead atoms. The Morgan fingerprint density at radius 2 is 2.00 bits per heavy atom. The number of carbonyl (C=O) groups excluding carboxylic acids is 1. The van der Waals surface area contributed by atoms with Crippen LogP contribution in [0.3, 0.4) is 0 Å². The zero-order chi connectivity index (χ0) is 22.4. The lowest BCUT2D eigenvalue weighted by Crippen LogP contribution is -2.14. The van der Waals surface area contributed by atoms with Gasteiger partial charge in [-0.05, 0) is 82.0 Å². The topological polar surface area (TPSA) is 62.1 Å². The summed E-state index contributed by atoms with van der Waals surface area (Å²) in [5.41, 5.74) is 2.55. The van der Waals surface area contributed by atoms with Crippen LogP contribution in [-0.4, -0.2) is 5.91 Å². The number of amides is 1. The van der Waals surface area contributed by atoms with Crippen LogP contribution in [0.5, 0.6) is 5.75 Å². The molecule has 156 valence electrons. The maximum atomic E-state index is 13.3. The number of anilines is 1. The second-order valence-electron chi connectivity index (χ2n) is 6.64. The second-order valence-corrected chi connectivity index (χ2v) is 7.91. The molecule has 1 amide bonds. The smallest absolute Gasteiger partial charge is 0.266 e. The Bertz CT molecular complexity index is 1200. The summed E-state index contributed by atoms with van der Waals surface area (Å²) in [7, 11) is 0. The molecule has 0 aliphatic heterocycles. The molecule has 0 atom stereocenters. The summed E-state index contributed by atoms with van der Waals surface area (Å²) in [5.74, 6) is -0.301. The van der Waals surface area contributed by atoms with Crippen LogP contribution in [0.2, 0.25) is 5.02 Å². The van der Waals surface area contributed by atoms with E-state index in [1.54, 1.807) is 55.5 Å². The lowest BCUT2D eigenvalue weighted by Gasteiger charge is -2.10. The molecule has 0 fully saturated rings. The minimum absolute atomic E-state index is 0.0558. The van der Waals surface area contributed by atoms with E-state index in [1.165, 1.54) is 18.2 Å². The zero-order valence-corrected chi connectivity index (χ0v) is 18.8. The van der Waals surface area contributed by atoms with E-state index in [0.717, 1.165) is 5.56 Å². The number of benzene rings is 3. The van der Waals surface area contributed by atoms with Crippen LogP contribution in [-0.2, 0) is 11.4 Å². The summed E-state index contributed by atoms with van der Waals surface area (Å²) < 4.78 is 19.7. The number of nitrogens with one attached hydrogen (secondary N) is 1. The van der Waals surface area contributed by atoms with Gasteiger partial charge in [-0.3, -0.25) is 4.79 Å². The fourth-order valence-electron chi connectivity index (χ4n) is 2.76. The SMILES string of the molecule is Cc1c(Cl)cccc1NC(=O)/C(C#N)=C\c1ccc(OCc2cccc(F)c2)c(Br)c1. The molecule has 0 aromatic heterocycles. The van der Waals surface area contributed by atoms with Crippen molar-refractivity contribution in [1.82, 2.24) is 0 Å². The van der Waals surface area contributed by atoms with Crippen molar-refractivity contribution in [3.63, 3.8) is 0 Å². The van der Waals surface area contributed by atoms with Gasteiger partial charge in [-0.2, -0.15) is 5.26 Å². The van der Waals surface area contributed by atoms with Crippen molar-refractivity contribution >= 4 is 45.2 Å². The van der Waals surface area contributed by atoms with Crippen LogP contribution in [0.1, 0.15) is 16.7 Å². The standard InChI is InChI=1S/C24H17BrClFN2O2/c1-15-21(26)6-3-7-22(15)29-24(30)18(13-28)10-16-8-9-23(20(25)12-16)31-14-17-4-2-5-19(27)11-17/h2-12H,14H2,1H3,(H,29,30)/b18-10-. The summed E-state index contributed by atoms with van der Waals surface area (Å²) >= 11 is 9.51. The number of rotatable bonds is 6. The van der Waals surface area contributed by atoms with Crippen LogP contribution in [0.15, 0.2) is 70.7 Å². The van der Waals surface area contributed by atoms with E-state index >= 15 is 0 Å². The second kappa shape index (κ2) is 10.3. The number of nitriles is 1. The summed E-state index contributed by atoms with van der Waals surface area (Å²) in [5, 5.41) is 12.7. The normalized spacial score (nSPS) is 11.0. The van der Waals surface area contributed by atoms with Gasteiger partial charge >= 0.3 is 0 Å². The maximum absolute atomic E-state index is 13.3. The predicted molar refractivity (Wildman–Crippen MR) is 123 cm³/mol. The third kappa shape index (κ3) is 5.94. The molecule has 1 N–H and O–H groups in total. The first-order valence-electron chi connectivity index (χ1n) is 9.22. The molecule has 0 radical (unpaired) electrons. The molecule has 3 aromatic rings. The number of hydrogen-bond donors (Lipinski definition) is 1. The van der Waals surface area contributed by atoms with Gasteiger partial charge in [-0.15, -0.1) is 0 Å². The fourth-order valence-corrected chi connectivity index (χ4v) is 3.45. The lowest BCUT2D eigenvalue weighted by molar-refractivity contribution is -0.112. The fraction of sp³-hybridized carbons (Fsp3) is 0.0833. The summed E-state index contributed by atoms with van der Waals surface area (Å²) in [6.45, 7) is 1.99. The van der Waals surface area contributed by atoms with Crippen LogP contribution < -0.4 is 10.1 Å². The van der Waals surface area contributed by atoms with Crippen molar-refractivity contribution in [2.75, 3.05) is 5.32 Å². The number of carbonyl (C=O) groups is 1. The number of nitrogens with zero attached hydrogens (tertiary/aromatic N) is 1. The van der Waals surface area contributed by atoms with Gasteiger partial charge in [-0.25, -0.2) is 4.39 Å². The third-order valence-electron chi connectivity index (χ3n) is 4.43. The molecule has 0 aliphatic rings. The van der Waals surface area contributed by atoms with E-state index < -0.39 is 5.91 Å². The van der Waals surface area contributed by atoms with Crippen LogP contribution in [0.4, 0.5) is 10.1 Å². The van der Waals surface area contributed by atoms with E-state index in [4.69, 9.17) is 16.3 Å². The first kappa shape index (κ1) is 22.5. The van der Waals surface area contributed by atoms with Crippen molar-refractivity contribution in [3.05, 3.63) is 98.2 Å². The van der Waals surface area contributed by atoms with Crippen LogP contribution in [0.25, 0.3) is 6.08 Å². The Kier molecular flexibility index (Phi) is 7.45. The van der Waals surface area contributed by atoms with Gasteiger partial charge in [0.15, 0.2) is 0 Å². The van der Waals surface area contributed by atoms with Crippen molar-refractivity contribution in [2.45, 2.75) is 13.5 Å². The zero-order valence-electron chi connectivity index (χ0n) is 16.5. The van der Waals surface area contributed by atoms with Gasteiger partial charge in [0.05, 0.1) is 4.47 Å². The first-order chi connectivity index (χ1) is 14.9. The van der Waals surface area contributed by atoms with Gasteiger partial charge < -0.3 is 10.1 Å². The number of halogens is 3. The molecule has 0 unspecified atom stereocenters. The average molecular weight is 500 g/mol. The van der Waals surface area contributed by atoms with Crippen molar-refractivity contribution in [2.24, 2.45) is 0 Å². The molecule has 3 rings (SSSR count). The molecular formula is C24H17BrClFN2O2. The van der Waals surface area contributed by atoms with Gasteiger partial charge in [-0.1, -0.05) is 35.9 Å². The average Bonchev–Trinajstić information content (AvgIpc) is 2.74. The van der Waals surface area contributed by atoms with E-state index in [9.17, 15) is 14.4 Å². The number of hydrogen-bond acceptors (Lipinski definition) is 3. The highest BCUT2D eigenvalue weighted by Gasteiger charge is 2.12. The molecule has 0 aliphatic carbocycles. The first-order valence-corrected chi connectivity index (χ1v) is 10.4. The quantitative estimate of drug-likeness (QED) is 0.304. The van der Waals surface area contributed by atoms with Crippen LogP contribution in [0, 0.1) is 24.1 Å². The van der Waals surface area contributed by atoms with Gasteiger partial charge in [0.25, 0.3) is 5.91 Å². The summed E-state index contributed by atoms with van der Waals surface area (Å²) in [6, 6.07) is 18.4. The monoisotopic (exact) mass is 498 g/mol. The Balaban J connectivity index is 1.73. The Labute approximate surface area is 193 Å². The van der Waals surface area contributed by atoms with E-state index in [-0.39, 0.29) is 18.0 Å². The minimum atomic E-state index is -0.532. The molecule has 0 heterocycles. The van der Waals surface area contributed by atoms with E-state index in [2.05, 4.69) is 21.2 Å². The molecule has 0 saturated heterocycles.